The Balaban J connectivity index is 2.41. The standard InChI is InChI=1S/C18H38N4O2/c1-5-21-12-6-8-20-11-15-22(13-7-9-19-10-14-21)16-17(23)24-18(2,3)4/h19-20H,5-16H2,1-4H3. The van der Waals surface area contributed by atoms with Crippen molar-refractivity contribution in [2.75, 3.05) is 65.4 Å². The van der Waals surface area contributed by atoms with Crippen molar-refractivity contribution in [3.05, 3.63) is 0 Å². The van der Waals surface area contributed by atoms with Gasteiger partial charge in [-0.3, -0.25) is 9.69 Å². The summed E-state index contributed by atoms with van der Waals surface area (Å²) in [5.41, 5.74) is -0.412. The van der Waals surface area contributed by atoms with Crippen LogP contribution in [-0.2, 0) is 9.53 Å². The summed E-state index contributed by atoms with van der Waals surface area (Å²) in [5.74, 6) is -0.129. The zero-order chi connectivity index (χ0) is 17.8. The molecule has 0 aromatic carbocycles. The first-order valence-electron chi connectivity index (χ1n) is 9.48. The molecule has 0 aromatic heterocycles. The van der Waals surface area contributed by atoms with Crippen LogP contribution in [0, 0.1) is 0 Å². The van der Waals surface area contributed by atoms with Crippen molar-refractivity contribution in [3.63, 3.8) is 0 Å². The number of carbonyl (C=O) groups excluding carboxylic acids is 1. The Labute approximate surface area is 148 Å². The second-order valence-electron chi connectivity index (χ2n) is 7.50. The summed E-state index contributed by atoms with van der Waals surface area (Å²) in [7, 11) is 0. The highest BCUT2D eigenvalue weighted by Gasteiger charge is 2.18. The smallest absolute Gasteiger partial charge is 0.320 e. The van der Waals surface area contributed by atoms with Crippen molar-refractivity contribution in [1.29, 1.82) is 0 Å². The molecule has 6 heteroatoms. The normalized spacial score (nSPS) is 21.2. The van der Waals surface area contributed by atoms with Gasteiger partial charge >= 0.3 is 5.97 Å². The number of nitrogens with zero attached hydrogens (tertiary/aromatic N) is 2. The third-order valence-electron chi connectivity index (χ3n) is 4.09. The molecule has 1 saturated heterocycles. The predicted octanol–water partition coefficient (Wildman–Crippen LogP) is 0.925. The first kappa shape index (κ1) is 21.4. The average molecular weight is 343 g/mol. The van der Waals surface area contributed by atoms with E-state index in [1.54, 1.807) is 0 Å². The maximum atomic E-state index is 12.1. The van der Waals surface area contributed by atoms with Gasteiger partial charge < -0.3 is 20.3 Å². The summed E-state index contributed by atoms with van der Waals surface area (Å²) in [5, 5.41) is 7.01. The van der Waals surface area contributed by atoms with Crippen LogP contribution in [0.25, 0.3) is 0 Å². The van der Waals surface area contributed by atoms with E-state index in [0.29, 0.717) is 6.54 Å². The molecule has 0 unspecified atom stereocenters. The van der Waals surface area contributed by atoms with E-state index in [0.717, 1.165) is 65.3 Å². The van der Waals surface area contributed by atoms with E-state index in [1.165, 1.54) is 6.42 Å². The molecule has 0 bridgehead atoms. The molecule has 142 valence electrons. The summed E-state index contributed by atoms with van der Waals surface area (Å²) < 4.78 is 5.45. The minimum atomic E-state index is -0.412. The van der Waals surface area contributed by atoms with Gasteiger partial charge in [0.1, 0.15) is 5.60 Å². The Hall–Kier alpha value is -0.690. The highest BCUT2D eigenvalue weighted by molar-refractivity contribution is 5.72. The second-order valence-corrected chi connectivity index (χ2v) is 7.50. The molecule has 1 aliphatic heterocycles. The minimum absolute atomic E-state index is 0.129. The molecule has 24 heavy (non-hydrogen) atoms. The number of rotatable bonds is 3. The number of likely N-dealkylation sites (N-methyl/N-ethyl adjacent to an activating group) is 1. The molecule has 0 aliphatic carbocycles. The SMILES string of the molecule is CCN1CCCNCCN(CC(=O)OC(C)(C)C)CCCNCC1. The monoisotopic (exact) mass is 342 g/mol. The number of ether oxygens (including phenoxy) is 1. The van der Waals surface area contributed by atoms with E-state index < -0.39 is 5.60 Å². The highest BCUT2D eigenvalue weighted by atomic mass is 16.6. The summed E-state index contributed by atoms with van der Waals surface area (Å²) in [4.78, 5) is 16.8. The van der Waals surface area contributed by atoms with Gasteiger partial charge in [0, 0.05) is 26.2 Å². The Bertz CT molecular complexity index is 328. The lowest BCUT2D eigenvalue weighted by Gasteiger charge is -2.26. The van der Waals surface area contributed by atoms with Crippen LogP contribution in [-0.4, -0.2) is 86.8 Å². The van der Waals surface area contributed by atoms with Gasteiger partial charge in [0.15, 0.2) is 0 Å². The van der Waals surface area contributed by atoms with Crippen LogP contribution in [0.1, 0.15) is 40.5 Å². The zero-order valence-electron chi connectivity index (χ0n) is 16.2. The molecule has 2 N–H and O–H groups in total. The molecule has 0 saturated carbocycles. The van der Waals surface area contributed by atoms with Crippen molar-refractivity contribution in [2.45, 2.75) is 46.1 Å². The lowest BCUT2D eigenvalue weighted by Crippen LogP contribution is -2.41. The van der Waals surface area contributed by atoms with Crippen molar-refractivity contribution >= 4 is 5.97 Å². The summed E-state index contributed by atoms with van der Waals surface area (Å²) in [6.07, 6.45) is 2.22. The van der Waals surface area contributed by atoms with Gasteiger partial charge in [0.2, 0.25) is 0 Å². The van der Waals surface area contributed by atoms with E-state index >= 15 is 0 Å². The van der Waals surface area contributed by atoms with Crippen LogP contribution >= 0.6 is 0 Å². The molecule has 1 heterocycles. The van der Waals surface area contributed by atoms with Gasteiger partial charge in [-0.25, -0.2) is 0 Å². The number of hydrogen-bond acceptors (Lipinski definition) is 6. The predicted molar refractivity (Wildman–Crippen MR) is 99.4 cm³/mol. The van der Waals surface area contributed by atoms with Gasteiger partial charge in [-0.1, -0.05) is 6.92 Å². The maximum Gasteiger partial charge on any atom is 0.320 e. The largest absolute Gasteiger partial charge is 0.459 e. The molecule has 0 spiro atoms. The molecule has 0 amide bonds. The van der Waals surface area contributed by atoms with E-state index in [9.17, 15) is 4.79 Å². The molecular weight excluding hydrogens is 304 g/mol. The average Bonchev–Trinajstić information content (AvgIpc) is 2.49. The van der Waals surface area contributed by atoms with E-state index in [4.69, 9.17) is 4.74 Å². The number of nitrogens with one attached hydrogen (secondary N) is 2. The summed E-state index contributed by atoms with van der Waals surface area (Å²) in [6.45, 7) is 17.5. The van der Waals surface area contributed by atoms with Gasteiger partial charge in [0.25, 0.3) is 0 Å². The first-order valence-corrected chi connectivity index (χ1v) is 9.48. The maximum absolute atomic E-state index is 12.1. The molecule has 0 aromatic rings. The third kappa shape index (κ3) is 11.0. The van der Waals surface area contributed by atoms with Gasteiger partial charge in [0.05, 0.1) is 6.54 Å². The summed E-state index contributed by atoms with van der Waals surface area (Å²) in [6, 6.07) is 0. The minimum Gasteiger partial charge on any atom is -0.459 e. The fourth-order valence-corrected chi connectivity index (χ4v) is 2.83. The van der Waals surface area contributed by atoms with Gasteiger partial charge in [-0.05, 0) is 66.3 Å². The van der Waals surface area contributed by atoms with Crippen molar-refractivity contribution in [2.24, 2.45) is 0 Å². The molecule has 1 fully saturated rings. The van der Waals surface area contributed by atoms with Crippen molar-refractivity contribution < 1.29 is 9.53 Å². The number of esters is 1. The third-order valence-corrected chi connectivity index (χ3v) is 4.09. The molecule has 0 radical (unpaired) electrons. The molecule has 1 rings (SSSR count). The van der Waals surface area contributed by atoms with Crippen molar-refractivity contribution in [3.8, 4) is 0 Å². The Morgan fingerprint density at radius 2 is 1.46 bits per heavy atom. The second kappa shape index (κ2) is 11.8. The van der Waals surface area contributed by atoms with Gasteiger partial charge in [-0.15, -0.1) is 0 Å². The zero-order valence-corrected chi connectivity index (χ0v) is 16.2. The topological polar surface area (TPSA) is 56.8 Å². The van der Waals surface area contributed by atoms with Crippen LogP contribution < -0.4 is 10.6 Å². The van der Waals surface area contributed by atoms with E-state index in [2.05, 4.69) is 27.4 Å². The number of hydrogen-bond donors (Lipinski definition) is 2. The quantitative estimate of drug-likeness (QED) is 0.744. The van der Waals surface area contributed by atoms with Crippen LogP contribution in [0.5, 0.6) is 0 Å². The first-order chi connectivity index (χ1) is 11.4. The molecular formula is C18H38N4O2. The Morgan fingerprint density at radius 3 is 2.00 bits per heavy atom. The lowest BCUT2D eigenvalue weighted by molar-refractivity contribution is -0.156. The van der Waals surface area contributed by atoms with Crippen LogP contribution in [0.15, 0.2) is 0 Å². The van der Waals surface area contributed by atoms with Crippen molar-refractivity contribution in [1.82, 2.24) is 20.4 Å². The highest BCUT2D eigenvalue weighted by Crippen LogP contribution is 2.07. The Kier molecular flexibility index (Phi) is 10.5. The van der Waals surface area contributed by atoms with Crippen LogP contribution in [0.2, 0.25) is 0 Å². The number of carbonyl (C=O) groups is 1. The summed E-state index contributed by atoms with van der Waals surface area (Å²) >= 11 is 0. The van der Waals surface area contributed by atoms with Crippen LogP contribution in [0.4, 0.5) is 0 Å². The van der Waals surface area contributed by atoms with E-state index in [1.807, 2.05) is 20.8 Å². The molecule has 6 nitrogen and oxygen atoms in total. The fourth-order valence-electron chi connectivity index (χ4n) is 2.83. The molecule has 1 aliphatic rings. The van der Waals surface area contributed by atoms with E-state index in [-0.39, 0.29) is 5.97 Å². The van der Waals surface area contributed by atoms with Gasteiger partial charge in [-0.2, -0.15) is 0 Å². The van der Waals surface area contributed by atoms with Crippen LogP contribution in [0.3, 0.4) is 0 Å². The molecule has 0 atom stereocenters. The lowest BCUT2D eigenvalue weighted by atomic mass is 10.2. The fraction of sp³-hybridized carbons (Fsp3) is 0.944. The Morgan fingerprint density at radius 1 is 0.917 bits per heavy atom.